The summed E-state index contributed by atoms with van der Waals surface area (Å²) in [6.45, 7) is 0.748. The molecule has 0 amide bonds. The molecule has 1 atom stereocenters. The fourth-order valence-corrected chi connectivity index (χ4v) is 3.15. The van der Waals surface area contributed by atoms with Crippen molar-refractivity contribution in [1.29, 1.82) is 0 Å². The molecule has 1 aromatic carbocycles. The molecule has 1 rings (SSSR count). The van der Waals surface area contributed by atoms with E-state index in [-0.39, 0.29) is 16.0 Å². The first-order chi connectivity index (χ1) is 10.3. The van der Waals surface area contributed by atoms with Gasteiger partial charge in [-0.15, -0.1) is 0 Å². The maximum Gasteiger partial charge on any atom is 0.337 e. The minimum Gasteiger partial charge on any atom is -0.468 e. The highest BCUT2D eigenvalue weighted by atomic mass is 32.2. The van der Waals surface area contributed by atoms with Crippen molar-refractivity contribution in [3.63, 3.8) is 0 Å². The molecule has 0 aromatic heterocycles. The van der Waals surface area contributed by atoms with E-state index >= 15 is 0 Å². The molecule has 0 bridgehead atoms. The maximum atomic E-state index is 12.2. The first kappa shape index (κ1) is 18.1. The fraction of sp³-hybridized carbons (Fsp3) is 0.385. The number of hydrogen-bond acceptors (Lipinski definition) is 7. The minimum absolute atomic E-state index is 0.123. The normalized spacial score (nSPS) is 12.5. The summed E-state index contributed by atoms with van der Waals surface area (Å²) in [5.41, 5.74) is 0.489. The second-order valence-corrected chi connectivity index (χ2v) is 6.03. The third-order valence-corrected chi connectivity index (χ3v) is 4.48. The van der Waals surface area contributed by atoms with Crippen LogP contribution in [0.3, 0.4) is 0 Å². The van der Waals surface area contributed by atoms with Crippen LogP contribution in [-0.4, -0.2) is 52.3 Å². The van der Waals surface area contributed by atoms with E-state index in [0.717, 1.165) is 7.11 Å². The van der Waals surface area contributed by atoms with Crippen molar-refractivity contribution in [2.75, 3.05) is 20.8 Å². The Balaban J connectivity index is 3.13. The predicted octanol–water partition coefficient (Wildman–Crippen LogP) is -0.406. The van der Waals surface area contributed by atoms with E-state index < -0.39 is 34.6 Å². The number of hydrogen-bond donors (Lipinski definition) is 2. The van der Waals surface area contributed by atoms with Gasteiger partial charge in [0.2, 0.25) is 10.0 Å². The Morgan fingerprint density at radius 2 is 1.91 bits per heavy atom. The SMILES string of the molecule is COC(=O)c1ccc(S(=O)(=O)NC(CO)C(=O)OC)c(C)c1. The summed E-state index contributed by atoms with van der Waals surface area (Å²) in [6.07, 6.45) is 0. The lowest BCUT2D eigenvalue weighted by atomic mass is 10.1. The number of carbonyl (C=O) groups excluding carboxylic acids is 2. The Bertz CT molecular complexity index is 669. The summed E-state index contributed by atoms with van der Waals surface area (Å²) in [5.74, 6) is -1.50. The van der Waals surface area contributed by atoms with Gasteiger partial charge in [-0.3, -0.25) is 4.79 Å². The zero-order valence-corrected chi connectivity index (χ0v) is 13.1. The van der Waals surface area contributed by atoms with Crippen LogP contribution in [-0.2, 0) is 24.3 Å². The molecule has 0 fully saturated rings. The number of aryl methyl sites for hydroxylation is 1. The van der Waals surface area contributed by atoms with E-state index in [1.807, 2.05) is 4.72 Å². The second kappa shape index (κ2) is 7.34. The number of rotatable bonds is 6. The highest BCUT2D eigenvalue weighted by Crippen LogP contribution is 2.17. The molecule has 1 aromatic rings. The molecular formula is C13H17NO7S. The summed E-state index contributed by atoms with van der Waals surface area (Å²) in [4.78, 5) is 22.6. The highest BCUT2D eigenvalue weighted by Gasteiger charge is 2.27. The van der Waals surface area contributed by atoms with Gasteiger partial charge in [-0.25, -0.2) is 13.2 Å². The number of ether oxygens (including phenoxy) is 2. The third-order valence-electron chi connectivity index (χ3n) is 2.85. The first-order valence-electron chi connectivity index (χ1n) is 6.16. The van der Waals surface area contributed by atoms with Crippen molar-refractivity contribution >= 4 is 22.0 Å². The molecule has 1 unspecified atom stereocenters. The number of sulfonamides is 1. The lowest BCUT2D eigenvalue weighted by molar-refractivity contribution is -0.143. The van der Waals surface area contributed by atoms with Crippen LogP contribution >= 0.6 is 0 Å². The zero-order chi connectivity index (χ0) is 16.9. The van der Waals surface area contributed by atoms with Crippen molar-refractivity contribution in [3.8, 4) is 0 Å². The summed E-state index contributed by atoms with van der Waals surface area (Å²) < 4.78 is 35.5. The topological polar surface area (TPSA) is 119 Å². The van der Waals surface area contributed by atoms with Gasteiger partial charge in [0.15, 0.2) is 0 Å². The van der Waals surface area contributed by atoms with Crippen LogP contribution in [0, 0.1) is 6.92 Å². The quantitative estimate of drug-likeness (QED) is 0.680. The van der Waals surface area contributed by atoms with Gasteiger partial charge in [-0.1, -0.05) is 0 Å². The standard InChI is InChI=1S/C13H17NO7S/c1-8-6-9(12(16)20-2)4-5-11(8)22(18,19)14-10(7-15)13(17)21-3/h4-6,10,14-15H,7H2,1-3H3. The zero-order valence-electron chi connectivity index (χ0n) is 12.3. The summed E-state index contributed by atoms with van der Waals surface area (Å²) in [6, 6.07) is 2.46. The van der Waals surface area contributed by atoms with Gasteiger partial charge in [-0.2, -0.15) is 4.72 Å². The highest BCUT2D eigenvalue weighted by molar-refractivity contribution is 7.89. The molecule has 22 heavy (non-hydrogen) atoms. The molecule has 0 spiro atoms. The Kier molecular flexibility index (Phi) is 6.03. The van der Waals surface area contributed by atoms with Crippen molar-refractivity contribution in [1.82, 2.24) is 4.72 Å². The molecule has 0 saturated carbocycles. The molecule has 0 heterocycles. The number of methoxy groups -OCH3 is 2. The minimum atomic E-state index is -4.07. The molecule has 0 radical (unpaired) electrons. The van der Waals surface area contributed by atoms with Crippen LogP contribution in [0.4, 0.5) is 0 Å². The monoisotopic (exact) mass is 331 g/mol. The second-order valence-electron chi connectivity index (χ2n) is 4.35. The van der Waals surface area contributed by atoms with Gasteiger partial charge in [0.1, 0.15) is 6.04 Å². The molecule has 9 heteroatoms. The molecule has 122 valence electrons. The van der Waals surface area contributed by atoms with Crippen LogP contribution in [0.15, 0.2) is 23.1 Å². The van der Waals surface area contributed by atoms with Gasteiger partial charge in [0, 0.05) is 0 Å². The van der Waals surface area contributed by atoms with Gasteiger partial charge in [0.05, 0.1) is 31.3 Å². The Morgan fingerprint density at radius 1 is 1.27 bits per heavy atom. The van der Waals surface area contributed by atoms with Crippen LogP contribution in [0.5, 0.6) is 0 Å². The molecule has 0 aliphatic heterocycles. The number of aliphatic hydroxyl groups is 1. The molecular weight excluding hydrogens is 314 g/mol. The van der Waals surface area contributed by atoms with Crippen LogP contribution < -0.4 is 4.72 Å². The van der Waals surface area contributed by atoms with E-state index in [1.54, 1.807) is 0 Å². The smallest absolute Gasteiger partial charge is 0.337 e. The third kappa shape index (κ3) is 4.03. The Labute approximate surface area is 128 Å². The average Bonchev–Trinajstić information content (AvgIpc) is 2.50. The lowest BCUT2D eigenvalue weighted by Crippen LogP contribution is -2.44. The maximum absolute atomic E-state index is 12.2. The largest absolute Gasteiger partial charge is 0.468 e. The number of carbonyl (C=O) groups is 2. The van der Waals surface area contributed by atoms with Crippen molar-refractivity contribution in [3.05, 3.63) is 29.3 Å². The van der Waals surface area contributed by atoms with Gasteiger partial charge >= 0.3 is 11.9 Å². The van der Waals surface area contributed by atoms with Gasteiger partial charge in [0.25, 0.3) is 0 Å². The fourth-order valence-electron chi connectivity index (χ4n) is 1.75. The number of aliphatic hydroxyl groups excluding tert-OH is 1. The van der Waals surface area contributed by atoms with Gasteiger partial charge in [-0.05, 0) is 30.7 Å². The number of nitrogens with one attached hydrogen (secondary N) is 1. The van der Waals surface area contributed by atoms with E-state index in [0.29, 0.717) is 0 Å². The molecule has 8 nitrogen and oxygen atoms in total. The van der Waals surface area contributed by atoms with Crippen LogP contribution in [0.1, 0.15) is 15.9 Å². The molecule has 2 N–H and O–H groups in total. The molecule has 0 aliphatic carbocycles. The summed E-state index contributed by atoms with van der Waals surface area (Å²) in [7, 11) is -1.78. The lowest BCUT2D eigenvalue weighted by Gasteiger charge is -2.15. The number of esters is 2. The first-order valence-corrected chi connectivity index (χ1v) is 7.65. The average molecular weight is 331 g/mol. The van der Waals surface area contributed by atoms with E-state index in [1.165, 1.54) is 32.2 Å². The van der Waals surface area contributed by atoms with E-state index in [9.17, 15) is 18.0 Å². The van der Waals surface area contributed by atoms with E-state index in [2.05, 4.69) is 9.47 Å². The Hall–Kier alpha value is -1.97. The van der Waals surface area contributed by atoms with Crippen LogP contribution in [0.2, 0.25) is 0 Å². The number of benzene rings is 1. The molecule has 0 saturated heterocycles. The molecule has 0 aliphatic rings. The van der Waals surface area contributed by atoms with Crippen molar-refractivity contribution in [2.24, 2.45) is 0 Å². The van der Waals surface area contributed by atoms with Crippen LogP contribution in [0.25, 0.3) is 0 Å². The van der Waals surface area contributed by atoms with E-state index in [4.69, 9.17) is 5.11 Å². The van der Waals surface area contributed by atoms with Crippen molar-refractivity contribution in [2.45, 2.75) is 17.9 Å². The summed E-state index contributed by atoms with van der Waals surface area (Å²) in [5, 5.41) is 9.07. The summed E-state index contributed by atoms with van der Waals surface area (Å²) >= 11 is 0. The van der Waals surface area contributed by atoms with Gasteiger partial charge < -0.3 is 14.6 Å². The predicted molar refractivity (Wildman–Crippen MR) is 75.7 cm³/mol. The van der Waals surface area contributed by atoms with Crippen molar-refractivity contribution < 1.29 is 32.6 Å². The Morgan fingerprint density at radius 3 is 2.36 bits per heavy atom.